The topological polar surface area (TPSA) is 168 Å². The molecule has 0 radical (unpaired) electrons. The molecule has 0 aromatic heterocycles. The van der Waals surface area contributed by atoms with E-state index in [1.165, 1.54) is 4.90 Å². The Hall–Kier alpha value is -1.95. The molecule has 4 atom stereocenters. The molecule has 0 spiro atoms. The van der Waals surface area contributed by atoms with Crippen molar-refractivity contribution in [2.24, 2.45) is 17.6 Å². The highest BCUT2D eigenvalue weighted by Crippen LogP contribution is 2.54. The molecule has 13 heteroatoms. The number of primary amides is 1. The molecule has 0 saturated heterocycles. The van der Waals surface area contributed by atoms with Gasteiger partial charge in [-0.15, -0.1) is 0 Å². The molecule has 0 heterocycles. The zero-order chi connectivity index (χ0) is 27.7. The van der Waals surface area contributed by atoms with Gasteiger partial charge < -0.3 is 31.1 Å². The zero-order valence-corrected chi connectivity index (χ0v) is 24.9. The second-order valence-corrected chi connectivity index (χ2v) is 14.2. The number of hydrogen-bond acceptors (Lipinski definition) is 10. The number of anilines is 1. The smallest absolute Gasteiger partial charge is 0.255 e. The summed E-state index contributed by atoms with van der Waals surface area (Å²) in [6.07, 6.45) is 0.296. The van der Waals surface area contributed by atoms with Crippen LogP contribution in [0.25, 0.3) is 5.76 Å². The number of fused-ring (bicyclic) bond motifs is 3. The number of amides is 1. The Kier molecular flexibility index (Phi) is 7.33. The fourth-order valence-corrected chi connectivity index (χ4v) is 6.73. The standard InChI is InChI=1S/C24H28I2N4O7/c1-28(2)13-7-10(8-30(25)26)18(31)15-11(13)5-9-6-12-17(29(3)4)20(33)16(23(27)36)22(35)24(12,37)21(34)14(9)19(15)32/h7,9,12,17,31-32,35,37H,5-6,8H2,1-4H3,(H2,27,36)/t9-,12-,17-,24-/m0/s1. The molecule has 6 N–H and O–H groups in total. The van der Waals surface area contributed by atoms with Crippen molar-refractivity contribution in [2.45, 2.75) is 31.0 Å². The first kappa shape index (κ1) is 28.1. The first-order chi connectivity index (χ1) is 17.1. The molecule has 1 aromatic carbocycles. The van der Waals surface area contributed by atoms with Crippen LogP contribution < -0.4 is 10.6 Å². The summed E-state index contributed by atoms with van der Waals surface area (Å²) < 4.78 is 1.79. The Morgan fingerprint density at radius 3 is 2.30 bits per heavy atom. The number of phenolic OH excluding ortho intramolecular Hbond substituents is 1. The van der Waals surface area contributed by atoms with Crippen LogP contribution in [0, 0.1) is 11.8 Å². The molecule has 3 aliphatic carbocycles. The molecular formula is C24H28I2N4O7. The van der Waals surface area contributed by atoms with Gasteiger partial charge in [0.15, 0.2) is 11.4 Å². The van der Waals surface area contributed by atoms with E-state index in [-0.39, 0.29) is 29.7 Å². The van der Waals surface area contributed by atoms with Gasteiger partial charge in [0.25, 0.3) is 5.91 Å². The van der Waals surface area contributed by atoms with Crippen molar-refractivity contribution in [3.8, 4) is 5.75 Å². The van der Waals surface area contributed by atoms with E-state index in [0.717, 1.165) is 5.69 Å². The molecule has 0 unspecified atom stereocenters. The predicted octanol–water partition coefficient (Wildman–Crippen LogP) is 1.53. The van der Waals surface area contributed by atoms with Gasteiger partial charge in [-0.25, -0.2) is 0 Å². The molecule has 0 aliphatic heterocycles. The number of hydrogen-bond donors (Lipinski definition) is 5. The van der Waals surface area contributed by atoms with Gasteiger partial charge in [0, 0.05) is 89.1 Å². The molecular weight excluding hydrogens is 710 g/mol. The maximum atomic E-state index is 13.9. The summed E-state index contributed by atoms with van der Waals surface area (Å²) in [5, 5.41) is 45.2. The van der Waals surface area contributed by atoms with E-state index in [9.17, 15) is 34.8 Å². The van der Waals surface area contributed by atoms with Crippen LogP contribution in [0.15, 0.2) is 23.0 Å². The van der Waals surface area contributed by atoms with Crippen LogP contribution in [-0.4, -0.2) is 84.0 Å². The third-order valence-corrected chi connectivity index (χ3v) is 8.23. The van der Waals surface area contributed by atoms with Gasteiger partial charge in [-0.3, -0.25) is 19.3 Å². The Labute approximate surface area is 241 Å². The van der Waals surface area contributed by atoms with Crippen molar-refractivity contribution in [3.05, 3.63) is 39.7 Å². The van der Waals surface area contributed by atoms with Gasteiger partial charge in [0.1, 0.15) is 22.8 Å². The van der Waals surface area contributed by atoms with Gasteiger partial charge >= 0.3 is 0 Å². The fourth-order valence-electron chi connectivity index (χ4n) is 5.99. The molecule has 1 aromatic rings. The summed E-state index contributed by atoms with van der Waals surface area (Å²) in [6.45, 7) is 0.338. The lowest BCUT2D eigenvalue weighted by Crippen LogP contribution is -2.65. The van der Waals surface area contributed by atoms with E-state index < -0.39 is 58.0 Å². The third-order valence-electron chi connectivity index (χ3n) is 7.55. The van der Waals surface area contributed by atoms with Gasteiger partial charge in [0.2, 0.25) is 5.78 Å². The van der Waals surface area contributed by atoms with Crippen molar-refractivity contribution < 1.29 is 34.8 Å². The molecule has 11 nitrogen and oxygen atoms in total. The van der Waals surface area contributed by atoms with Crippen molar-refractivity contribution in [3.63, 3.8) is 0 Å². The van der Waals surface area contributed by atoms with Crippen LogP contribution >= 0.6 is 45.7 Å². The van der Waals surface area contributed by atoms with Crippen LogP contribution in [0.4, 0.5) is 5.69 Å². The van der Waals surface area contributed by atoms with Crippen LogP contribution in [-0.2, 0) is 27.3 Å². The monoisotopic (exact) mass is 738 g/mol. The normalized spacial score (nSPS) is 27.4. The number of Topliss-reactive ketones (excluding diaryl/α,β-unsaturated/α-hetero) is 2. The molecule has 0 bridgehead atoms. The minimum Gasteiger partial charge on any atom is -0.508 e. The second-order valence-electron chi connectivity index (χ2n) is 10.1. The number of benzene rings is 1. The first-order valence-corrected chi connectivity index (χ1v) is 13.4. The number of rotatable bonds is 5. The highest BCUT2D eigenvalue weighted by atomic mass is 127. The van der Waals surface area contributed by atoms with Gasteiger partial charge in [0.05, 0.1) is 11.6 Å². The lowest BCUT2D eigenvalue weighted by Gasteiger charge is -2.50. The van der Waals surface area contributed by atoms with Gasteiger partial charge in [-0.1, -0.05) is 0 Å². The third kappa shape index (κ3) is 4.13. The van der Waals surface area contributed by atoms with Crippen molar-refractivity contribution >= 4 is 74.6 Å². The number of nitrogens with zero attached hydrogens (tertiary/aromatic N) is 3. The summed E-state index contributed by atoms with van der Waals surface area (Å²) in [5.74, 6) is -6.55. The average molecular weight is 738 g/mol. The Morgan fingerprint density at radius 2 is 1.78 bits per heavy atom. The number of aromatic hydroxyl groups is 1. The molecule has 3 aliphatic rings. The first-order valence-electron chi connectivity index (χ1n) is 11.4. The molecule has 1 fully saturated rings. The largest absolute Gasteiger partial charge is 0.508 e. The van der Waals surface area contributed by atoms with Crippen molar-refractivity contribution in [2.75, 3.05) is 33.1 Å². The number of nitrogens with two attached hydrogens (primary N) is 1. The van der Waals surface area contributed by atoms with Gasteiger partial charge in [-0.2, -0.15) is 1.33 Å². The number of halogens is 2. The molecule has 1 saturated carbocycles. The van der Waals surface area contributed by atoms with Crippen molar-refractivity contribution in [1.29, 1.82) is 0 Å². The highest BCUT2D eigenvalue weighted by Gasteiger charge is 2.64. The van der Waals surface area contributed by atoms with Gasteiger partial charge in [-0.05, 0) is 44.5 Å². The molecule has 4 rings (SSSR count). The van der Waals surface area contributed by atoms with Crippen LogP contribution in [0.5, 0.6) is 5.75 Å². The van der Waals surface area contributed by atoms with Crippen molar-refractivity contribution in [1.82, 2.24) is 6.23 Å². The predicted molar refractivity (Wildman–Crippen MR) is 152 cm³/mol. The number of ketones is 2. The summed E-state index contributed by atoms with van der Waals surface area (Å²) in [6, 6.07) is 0.720. The zero-order valence-electron chi connectivity index (χ0n) is 20.6. The summed E-state index contributed by atoms with van der Waals surface area (Å²) in [5.41, 5.74) is 3.71. The summed E-state index contributed by atoms with van der Waals surface area (Å²) in [7, 11) is 6.81. The van der Waals surface area contributed by atoms with Crippen LogP contribution in [0.3, 0.4) is 0 Å². The van der Waals surface area contributed by atoms with E-state index in [2.05, 4.69) is 45.7 Å². The van der Waals surface area contributed by atoms with E-state index in [1.54, 1.807) is 15.4 Å². The average Bonchev–Trinajstić information content (AvgIpc) is 2.77. The van der Waals surface area contributed by atoms with E-state index in [1.807, 2.05) is 25.1 Å². The Balaban J connectivity index is 2.00. The number of carbonyl (C=O) groups is 3. The molecule has 1 amide bonds. The summed E-state index contributed by atoms with van der Waals surface area (Å²) in [4.78, 5) is 42.5. The number of likely N-dealkylation sites (N-methyl/N-ethyl adjacent to an activating group) is 1. The SMILES string of the molecule is CN(C)c1cc(CN(I)I)c(O)c2c1C[C@H]1C[C@H]3[C@H](N(C)C)C(=O)C(C(N)=O)=C(O)[C@@]3(O)C(=O)C1=C2O. The lowest BCUT2D eigenvalue weighted by atomic mass is 9.57. The minimum absolute atomic E-state index is 0.0520. The fraction of sp³-hybridized carbons (Fsp3) is 0.458. The van der Waals surface area contributed by atoms with Crippen LogP contribution in [0.2, 0.25) is 0 Å². The minimum atomic E-state index is -2.65. The quantitative estimate of drug-likeness (QED) is 0.170. The molecule has 37 heavy (non-hydrogen) atoms. The van der Waals surface area contributed by atoms with E-state index >= 15 is 0 Å². The van der Waals surface area contributed by atoms with E-state index in [0.29, 0.717) is 17.7 Å². The highest BCUT2D eigenvalue weighted by molar-refractivity contribution is 14.2. The summed E-state index contributed by atoms with van der Waals surface area (Å²) >= 11 is 4.12. The molecule has 200 valence electrons. The maximum absolute atomic E-state index is 13.9. The Bertz CT molecular complexity index is 1290. The number of aliphatic hydroxyl groups is 3. The number of carbonyl (C=O) groups excluding carboxylic acids is 3. The maximum Gasteiger partial charge on any atom is 0.255 e. The number of phenols is 1. The second kappa shape index (κ2) is 9.66. The van der Waals surface area contributed by atoms with E-state index in [4.69, 9.17) is 5.73 Å². The van der Waals surface area contributed by atoms with Crippen LogP contribution in [0.1, 0.15) is 23.1 Å². The lowest BCUT2D eigenvalue weighted by molar-refractivity contribution is -0.153. The Morgan fingerprint density at radius 1 is 1.16 bits per heavy atom. The number of aliphatic hydroxyl groups excluding tert-OH is 2.